The van der Waals surface area contributed by atoms with Gasteiger partial charge in [0.1, 0.15) is 6.61 Å². The summed E-state index contributed by atoms with van der Waals surface area (Å²) in [5.74, 6) is 0.927. The van der Waals surface area contributed by atoms with E-state index >= 15 is 0 Å². The van der Waals surface area contributed by atoms with Crippen LogP contribution in [0.4, 0.5) is 0 Å². The minimum atomic E-state index is -0.331. The fourth-order valence-corrected chi connectivity index (χ4v) is 3.06. The maximum Gasteiger partial charge on any atom is 0.368 e. The monoisotopic (exact) mass is 408 g/mol. The molecule has 0 fully saturated rings. The average Bonchev–Trinajstić information content (AvgIpc) is 3.05. The van der Waals surface area contributed by atoms with E-state index in [2.05, 4.69) is 20.4 Å². The summed E-state index contributed by atoms with van der Waals surface area (Å²) in [6.45, 7) is 2.15. The van der Waals surface area contributed by atoms with E-state index in [0.717, 1.165) is 16.7 Å². The molecule has 9 heteroatoms. The van der Waals surface area contributed by atoms with Gasteiger partial charge in [0.15, 0.2) is 5.82 Å². The molecule has 2 aromatic heterocycles. The van der Waals surface area contributed by atoms with E-state index in [0.29, 0.717) is 22.4 Å². The van der Waals surface area contributed by atoms with E-state index in [1.165, 1.54) is 9.36 Å². The molecule has 0 N–H and O–H groups in total. The maximum absolute atomic E-state index is 12.3. The normalized spacial score (nSPS) is 10.9. The molecule has 8 nitrogen and oxygen atoms in total. The van der Waals surface area contributed by atoms with Crippen molar-refractivity contribution < 1.29 is 4.74 Å². The first-order chi connectivity index (χ1) is 14.0. The third kappa shape index (κ3) is 3.88. The van der Waals surface area contributed by atoms with Crippen molar-refractivity contribution in [3.05, 3.63) is 81.4 Å². The molecule has 4 aromatic rings. The van der Waals surface area contributed by atoms with Gasteiger partial charge in [0, 0.05) is 35.5 Å². The number of aromatic nitrogens is 6. The zero-order valence-corrected chi connectivity index (χ0v) is 16.5. The van der Waals surface area contributed by atoms with Gasteiger partial charge in [0.25, 0.3) is 0 Å². The Balaban J connectivity index is 1.63. The lowest BCUT2D eigenvalue weighted by molar-refractivity contribution is 0.292. The van der Waals surface area contributed by atoms with Crippen LogP contribution in [0.5, 0.6) is 5.88 Å². The molecule has 0 radical (unpaired) electrons. The van der Waals surface area contributed by atoms with Crippen molar-refractivity contribution in [2.24, 2.45) is 7.05 Å². The predicted molar refractivity (Wildman–Crippen MR) is 108 cm³/mol. The lowest BCUT2D eigenvalue weighted by atomic mass is 10.1. The Hall–Kier alpha value is -3.52. The first kappa shape index (κ1) is 18.8. The van der Waals surface area contributed by atoms with Crippen LogP contribution in [0.2, 0.25) is 5.02 Å². The standard InChI is InChI=1S/C20H17ClN6O2/c1-13-5-3-8-17(27-20(28)26(2)24-25-27)16(13)12-29-18-9-10-22-19(23-18)14-6-4-7-15(21)11-14/h3-11H,12H2,1-2H3. The summed E-state index contributed by atoms with van der Waals surface area (Å²) in [4.78, 5) is 21.0. The van der Waals surface area contributed by atoms with E-state index in [4.69, 9.17) is 16.3 Å². The molecule has 4 rings (SSSR count). The Morgan fingerprint density at radius 1 is 1.10 bits per heavy atom. The lowest BCUT2D eigenvalue weighted by Gasteiger charge is -2.12. The average molecular weight is 409 g/mol. The van der Waals surface area contributed by atoms with Gasteiger partial charge in [0.2, 0.25) is 5.88 Å². The predicted octanol–water partition coefficient (Wildman–Crippen LogP) is 2.96. The molecular formula is C20H17ClN6O2. The number of aryl methyl sites for hydroxylation is 2. The maximum atomic E-state index is 12.3. The number of tetrazole rings is 1. The van der Waals surface area contributed by atoms with Crippen LogP contribution in [0, 0.1) is 6.92 Å². The zero-order chi connectivity index (χ0) is 20.4. The Morgan fingerprint density at radius 3 is 2.69 bits per heavy atom. The second kappa shape index (κ2) is 7.84. The van der Waals surface area contributed by atoms with Crippen LogP contribution in [-0.4, -0.2) is 29.8 Å². The number of ether oxygens (including phenoxy) is 1. The van der Waals surface area contributed by atoms with Crippen molar-refractivity contribution in [3.8, 4) is 23.0 Å². The molecule has 2 aromatic carbocycles. The van der Waals surface area contributed by atoms with Crippen LogP contribution in [0.1, 0.15) is 11.1 Å². The number of benzene rings is 2. The Bertz CT molecular complexity index is 1230. The molecule has 0 saturated carbocycles. The number of nitrogens with zero attached hydrogens (tertiary/aromatic N) is 6. The van der Waals surface area contributed by atoms with Crippen LogP contribution in [0.15, 0.2) is 59.5 Å². The third-order valence-electron chi connectivity index (χ3n) is 4.41. The van der Waals surface area contributed by atoms with Gasteiger partial charge in [-0.05, 0) is 41.1 Å². The highest BCUT2D eigenvalue weighted by molar-refractivity contribution is 6.30. The third-order valence-corrected chi connectivity index (χ3v) is 4.65. The van der Waals surface area contributed by atoms with Crippen LogP contribution < -0.4 is 10.4 Å². The molecular weight excluding hydrogens is 392 g/mol. The summed E-state index contributed by atoms with van der Waals surface area (Å²) in [5, 5.41) is 8.31. The van der Waals surface area contributed by atoms with Crippen LogP contribution >= 0.6 is 11.6 Å². The van der Waals surface area contributed by atoms with E-state index in [9.17, 15) is 4.79 Å². The highest BCUT2D eigenvalue weighted by Crippen LogP contribution is 2.22. The molecule has 29 heavy (non-hydrogen) atoms. The Kier molecular flexibility index (Phi) is 5.09. The SMILES string of the molecule is Cc1cccc(-n2nnn(C)c2=O)c1COc1ccnc(-c2cccc(Cl)c2)n1. The fraction of sp³-hybridized carbons (Fsp3) is 0.150. The van der Waals surface area contributed by atoms with Gasteiger partial charge in [-0.3, -0.25) is 0 Å². The summed E-state index contributed by atoms with van der Waals surface area (Å²) in [7, 11) is 1.55. The van der Waals surface area contributed by atoms with E-state index in [1.54, 1.807) is 37.5 Å². The quantitative estimate of drug-likeness (QED) is 0.504. The van der Waals surface area contributed by atoms with Crippen molar-refractivity contribution in [2.75, 3.05) is 0 Å². The van der Waals surface area contributed by atoms with Crippen molar-refractivity contribution >= 4 is 11.6 Å². The minimum Gasteiger partial charge on any atom is -0.473 e. The van der Waals surface area contributed by atoms with Crippen LogP contribution in [-0.2, 0) is 13.7 Å². The second-order valence-corrected chi connectivity index (χ2v) is 6.82. The van der Waals surface area contributed by atoms with Crippen molar-refractivity contribution in [2.45, 2.75) is 13.5 Å². The molecule has 146 valence electrons. The highest BCUT2D eigenvalue weighted by atomic mass is 35.5. The first-order valence-electron chi connectivity index (χ1n) is 8.82. The van der Waals surface area contributed by atoms with Gasteiger partial charge in [-0.1, -0.05) is 35.9 Å². The number of halogens is 1. The summed E-state index contributed by atoms with van der Waals surface area (Å²) < 4.78 is 8.35. The van der Waals surface area contributed by atoms with Crippen LogP contribution in [0.3, 0.4) is 0 Å². The summed E-state index contributed by atoms with van der Waals surface area (Å²) in [5.41, 5.74) is 2.86. The zero-order valence-electron chi connectivity index (χ0n) is 15.8. The van der Waals surface area contributed by atoms with Gasteiger partial charge in [-0.25, -0.2) is 9.78 Å². The fourth-order valence-electron chi connectivity index (χ4n) is 2.87. The minimum absolute atomic E-state index is 0.205. The number of hydrogen-bond donors (Lipinski definition) is 0. The second-order valence-electron chi connectivity index (χ2n) is 6.39. The van der Waals surface area contributed by atoms with Gasteiger partial charge in [-0.15, -0.1) is 0 Å². The molecule has 0 unspecified atom stereocenters. The van der Waals surface area contributed by atoms with E-state index in [1.807, 2.05) is 31.2 Å². The van der Waals surface area contributed by atoms with Crippen molar-refractivity contribution in [3.63, 3.8) is 0 Å². The molecule has 0 aliphatic heterocycles. The molecule has 0 spiro atoms. The summed E-state index contributed by atoms with van der Waals surface area (Å²) >= 11 is 6.06. The number of rotatable bonds is 5. The largest absolute Gasteiger partial charge is 0.473 e. The molecule has 0 aliphatic rings. The summed E-state index contributed by atoms with van der Waals surface area (Å²) in [6.07, 6.45) is 1.63. The molecule has 0 bridgehead atoms. The van der Waals surface area contributed by atoms with Gasteiger partial charge >= 0.3 is 5.69 Å². The number of hydrogen-bond acceptors (Lipinski definition) is 6. The van der Waals surface area contributed by atoms with Crippen molar-refractivity contribution in [1.82, 2.24) is 29.8 Å². The molecule has 0 aliphatic carbocycles. The molecule has 0 amide bonds. The highest BCUT2D eigenvalue weighted by Gasteiger charge is 2.14. The molecule has 0 atom stereocenters. The summed E-state index contributed by atoms with van der Waals surface area (Å²) in [6, 6.07) is 14.6. The van der Waals surface area contributed by atoms with E-state index < -0.39 is 0 Å². The smallest absolute Gasteiger partial charge is 0.368 e. The van der Waals surface area contributed by atoms with Gasteiger partial charge < -0.3 is 4.74 Å². The Morgan fingerprint density at radius 2 is 1.93 bits per heavy atom. The molecule has 0 saturated heterocycles. The molecule has 2 heterocycles. The first-order valence-corrected chi connectivity index (χ1v) is 9.20. The lowest BCUT2D eigenvalue weighted by Crippen LogP contribution is -2.23. The van der Waals surface area contributed by atoms with Crippen molar-refractivity contribution in [1.29, 1.82) is 0 Å². The van der Waals surface area contributed by atoms with E-state index in [-0.39, 0.29) is 12.3 Å². The van der Waals surface area contributed by atoms with Gasteiger partial charge in [-0.2, -0.15) is 14.3 Å². The Labute approximate surface area is 171 Å². The van der Waals surface area contributed by atoms with Gasteiger partial charge in [0.05, 0.1) is 5.69 Å². The topological polar surface area (TPSA) is 87.7 Å². The van der Waals surface area contributed by atoms with Crippen LogP contribution in [0.25, 0.3) is 17.1 Å².